The molecule has 0 amide bonds. The van der Waals surface area contributed by atoms with Crippen molar-refractivity contribution < 1.29 is 4.74 Å². The Balaban J connectivity index is 2.57. The van der Waals surface area contributed by atoms with Gasteiger partial charge in [-0.15, -0.1) is 11.8 Å². The summed E-state index contributed by atoms with van der Waals surface area (Å²) in [4.78, 5) is 1.07. The number of hydrogen-bond acceptors (Lipinski definition) is 4. The molecule has 0 fully saturated rings. The molecule has 0 unspecified atom stereocenters. The van der Waals surface area contributed by atoms with Gasteiger partial charge in [-0.25, -0.2) is 0 Å². The maximum absolute atomic E-state index is 8.40. The van der Waals surface area contributed by atoms with Crippen LogP contribution >= 0.6 is 11.8 Å². The molecule has 0 radical (unpaired) electrons. The number of unbranched alkanes of at least 4 members (excludes halogenated alkanes) is 1. The molecular formula is C11H14N2OS. The fraction of sp³-hybridized carbons (Fsp3) is 0.364. The van der Waals surface area contributed by atoms with E-state index in [0.717, 1.165) is 22.8 Å². The second-order valence-corrected chi connectivity index (χ2v) is 4.16. The molecule has 0 aliphatic heterocycles. The number of benzene rings is 1. The predicted octanol–water partition coefficient (Wildman–Crippen LogP) is 2.67. The zero-order valence-corrected chi connectivity index (χ0v) is 9.51. The quantitative estimate of drug-likeness (QED) is 0.472. The molecule has 1 rings (SSSR count). The van der Waals surface area contributed by atoms with E-state index in [1.54, 1.807) is 18.9 Å². The SMILES string of the molecule is COc1cc(N)ccc1SCCCC#N. The second-order valence-electron chi connectivity index (χ2n) is 3.02. The van der Waals surface area contributed by atoms with Crippen molar-refractivity contribution >= 4 is 17.4 Å². The highest BCUT2D eigenvalue weighted by Gasteiger charge is 2.03. The number of nitrogens with zero attached hydrogens (tertiary/aromatic N) is 1. The molecule has 2 N–H and O–H groups in total. The number of thioether (sulfide) groups is 1. The molecule has 1 aromatic carbocycles. The van der Waals surface area contributed by atoms with Gasteiger partial charge in [-0.3, -0.25) is 0 Å². The number of nitriles is 1. The number of methoxy groups -OCH3 is 1. The highest BCUT2D eigenvalue weighted by atomic mass is 32.2. The zero-order valence-electron chi connectivity index (χ0n) is 8.69. The number of rotatable bonds is 5. The number of ether oxygens (including phenoxy) is 1. The first-order chi connectivity index (χ1) is 7.27. The van der Waals surface area contributed by atoms with Gasteiger partial charge in [0.05, 0.1) is 13.2 Å². The highest BCUT2D eigenvalue weighted by Crippen LogP contribution is 2.31. The van der Waals surface area contributed by atoms with Crippen LogP contribution in [0.4, 0.5) is 5.69 Å². The van der Waals surface area contributed by atoms with E-state index in [4.69, 9.17) is 15.7 Å². The number of hydrogen-bond donors (Lipinski definition) is 1. The summed E-state index contributed by atoms with van der Waals surface area (Å²) in [6.45, 7) is 0. The summed E-state index contributed by atoms with van der Waals surface area (Å²) in [5.41, 5.74) is 6.35. The normalized spacial score (nSPS) is 9.60. The summed E-state index contributed by atoms with van der Waals surface area (Å²) in [5.74, 6) is 1.73. The van der Waals surface area contributed by atoms with E-state index in [2.05, 4.69) is 6.07 Å². The molecule has 0 aromatic heterocycles. The summed E-state index contributed by atoms with van der Waals surface area (Å²) in [6, 6.07) is 7.75. The molecule has 80 valence electrons. The van der Waals surface area contributed by atoms with Crippen LogP contribution in [0, 0.1) is 11.3 Å². The molecule has 0 spiro atoms. The van der Waals surface area contributed by atoms with Gasteiger partial charge in [0.15, 0.2) is 0 Å². The minimum atomic E-state index is 0.601. The Morgan fingerprint density at radius 3 is 3.00 bits per heavy atom. The molecule has 0 bridgehead atoms. The van der Waals surface area contributed by atoms with Crippen LogP contribution in [0.1, 0.15) is 12.8 Å². The van der Waals surface area contributed by atoms with E-state index in [-0.39, 0.29) is 0 Å². The molecule has 3 nitrogen and oxygen atoms in total. The lowest BCUT2D eigenvalue weighted by molar-refractivity contribution is 0.405. The van der Waals surface area contributed by atoms with E-state index in [1.807, 2.05) is 18.2 Å². The van der Waals surface area contributed by atoms with Crippen molar-refractivity contribution in [1.82, 2.24) is 0 Å². The summed E-state index contributed by atoms with van der Waals surface area (Å²) >= 11 is 1.69. The average Bonchev–Trinajstić information content (AvgIpc) is 2.26. The van der Waals surface area contributed by atoms with Crippen LogP contribution in [-0.2, 0) is 0 Å². The Labute approximate surface area is 94.2 Å². The third-order valence-electron chi connectivity index (χ3n) is 1.88. The first-order valence-corrected chi connectivity index (χ1v) is 5.69. The maximum Gasteiger partial charge on any atom is 0.134 e. The van der Waals surface area contributed by atoms with Crippen LogP contribution in [0.25, 0.3) is 0 Å². The molecule has 0 aliphatic rings. The second kappa shape index (κ2) is 6.20. The van der Waals surface area contributed by atoms with E-state index >= 15 is 0 Å². The summed E-state index contributed by atoms with van der Waals surface area (Å²) in [7, 11) is 1.63. The van der Waals surface area contributed by atoms with Crippen molar-refractivity contribution in [3.05, 3.63) is 18.2 Å². The Kier molecular flexibility index (Phi) is 4.85. The van der Waals surface area contributed by atoms with Crippen molar-refractivity contribution in [2.24, 2.45) is 0 Å². The number of anilines is 1. The molecule has 15 heavy (non-hydrogen) atoms. The third-order valence-corrected chi connectivity index (χ3v) is 3.02. The van der Waals surface area contributed by atoms with E-state index in [0.29, 0.717) is 12.1 Å². The van der Waals surface area contributed by atoms with Crippen molar-refractivity contribution in [2.45, 2.75) is 17.7 Å². The lowest BCUT2D eigenvalue weighted by atomic mass is 10.3. The molecule has 0 saturated heterocycles. The largest absolute Gasteiger partial charge is 0.496 e. The Morgan fingerprint density at radius 2 is 2.33 bits per heavy atom. The molecule has 4 heteroatoms. The minimum Gasteiger partial charge on any atom is -0.496 e. The van der Waals surface area contributed by atoms with E-state index < -0.39 is 0 Å². The lowest BCUT2D eigenvalue weighted by Gasteiger charge is -2.08. The van der Waals surface area contributed by atoms with Crippen LogP contribution in [0.15, 0.2) is 23.1 Å². The standard InChI is InChI=1S/C11H14N2OS/c1-14-10-8-9(13)4-5-11(10)15-7-3-2-6-12/h4-5,8H,2-3,7,13H2,1H3. The molecule has 0 aliphatic carbocycles. The first-order valence-electron chi connectivity index (χ1n) is 4.71. The van der Waals surface area contributed by atoms with Gasteiger partial charge in [0.1, 0.15) is 5.75 Å². The highest BCUT2D eigenvalue weighted by molar-refractivity contribution is 7.99. The van der Waals surface area contributed by atoms with Crippen molar-refractivity contribution in [3.8, 4) is 11.8 Å². The average molecular weight is 222 g/mol. The Morgan fingerprint density at radius 1 is 1.53 bits per heavy atom. The lowest BCUT2D eigenvalue weighted by Crippen LogP contribution is -1.90. The predicted molar refractivity (Wildman–Crippen MR) is 63.0 cm³/mol. The fourth-order valence-corrected chi connectivity index (χ4v) is 2.09. The van der Waals surface area contributed by atoms with Gasteiger partial charge in [0.25, 0.3) is 0 Å². The molecule has 1 aromatic rings. The smallest absolute Gasteiger partial charge is 0.134 e. The molecule has 0 heterocycles. The van der Waals surface area contributed by atoms with Crippen molar-refractivity contribution in [3.63, 3.8) is 0 Å². The van der Waals surface area contributed by atoms with Gasteiger partial charge in [-0.2, -0.15) is 5.26 Å². The zero-order chi connectivity index (χ0) is 11.1. The van der Waals surface area contributed by atoms with Crippen LogP contribution in [0.5, 0.6) is 5.75 Å². The number of nitrogens with two attached hydrogens (primary N) is 1. The van der Waals surface area contributed by atoms with Crippen LogP contribution in [-0.4, -0.2) is 12.9 Å². The molecule has 0 saturated carbocycles. The molecular weight excluding hydrogens is 208 g/mol. The maximum atomic E-state index is 8.40. The van der Waals surface area contributed by atoms with E-state index in [1.165, 1.54) is 0 Å². The van der Waals surface area contributed by atoms with Crippen molar-refractivity contribution in [1.29, 1.82) is 5.26 Å². The van der Waals surface area contributed by atoms with Crippen LogP contribution in [0.3, 0.4) is 0 Å². The fourth-order valence-electron chi connectivity index (χ4n) is 1.14. The van der Waals surface area contributed by atoms with Gasteiger partial charge in [-0.05, 0) is 24.3 Å². The van der Waals surface area contributed by atoms with Gasteiger partial charge >= 0.3 is 0 Å². The van der Waals surface area contributed by atoms with Gasteiger partial charge in [0, 0.05) is 23.1 Å². The van der Waals surface area contributed by atoms with Crippen LogP contribution < -0.4 is 10.5 Å². The number of nitrogen functional groups attached to an aromatic ring is 1. The summed E-state index contributed by atoms with van der Waals surface area (Å²) in [6.07, 6.45) is 1.50. The van der Waals surface area contributed by atoms with Crippen molar-refractivity contribution in [2.75, 3.05) is 18.6 Å². The van der Waals surface area contributed by atoms with Gasteiger partial charge in [0.2, 0.25) is 0 Å². The third kappa shape index (κ3) is 3.72. The Bertz CT molecular complexity index is 360. The summed E-state index contributed by atoms with van der Waals surface area (Å²) in [5, 5.41) is 8.40. The molecule has 0 atom stereocenters. The summed E-state index contributed by atoms with van der Waals surface area (Å²) < 4.78 is 5.22. The van der Waals surface area contributed by atoms with E-state index in [9.17, 15) is 0 Å². The van der Waals surface area contributed by atoms with Gasteiger partial charge < -0.3 is 10.5 Å². The van der Waals surface area contributed by atoms with Gasteiger partial charge in [-0.1, -0.05) is 0 Å². The first kappa shape index (κ1) is 11.7. The monoisotopic (exact) mass is 222 g/mol. The Hall–Kier alpha value is -1.34. The topological polar surface area (TPSA) is 59.0 Å². The van der Waals surface area contributed by atoms with Crippen LogP contribution in [0.2, 0.25) is 0 Å². The minimum absolute atomic E-state index is 0.601.